The minimum absolute atomic E-state index is 0.00514. The van der Waals surface area contributed by atoms with Crippen LogP contribution in [0.5, 0.6) is 6.01 Å². The molecular weight excluding hydrogens is 351 g/mol. The van der Waals surface area contributed by atoms with Gasteiger partial charge in [-0.1, -0.05) is 26.0 Å². The molecule has 1 aromatic carbocycles. The van der Waals surface area contributed by atoms with Crippen LogP contribution in [-0.4, -0.2) is 37.7 Å². The molecule has 0 saturated heterocycles. The van der Waals surface area contributed by atoms with Gasteiger partial charge in [-0.05, 0) is 18.1 Å². The Morgan fingerprint density at radius 2 is 1.84 bits per heavy atom. The Labute approximate surface area is 145 Å². The Bertz CT molecular complexity index is 913. The van der Waals surface area contributed by atoms with E-state index in [1.165, 1.54) is 25.3 Å². The van der Waals surface area contributed by atoms with Gasteiger partial charge in [0.15, 0.2) is 0 Å². The highest BCUT2D eigenvalue weighted by Crippen LogP contribution is 2.31. The fraction of sp³-hybridized carbons (Fsp3) is 0.312. The highest BCUT2D eigenvalue weighted by Gasteiger charge is 2.27. The van der Waals surface area contributed by atoms with Gasteiger partial charge in [0.2, 0.25) is 0 Å². The number of benzene rings is 1. The average molecular weight is 368 g/mol. The van der Waals surface area contributed by atoms with Gasteiger partial charge in [-0.3, -0.25) is 0 Å². The molecule has 0 radical (unpaired) electrons. The van der Waals surface area contributed by atoms with Crippen LogP contribution < -0.4 is 4.18 Å². The van der Waals surface area contributed by atoms with Gasteiger partial charge in [0.1, 0.15) is 11.4 Å². The molecule has 0 saturated carbocycles. The molecule has 1 aromatic heterocycles. The van der Waals surface area contributed by atoms with Crippen LogP contribution in [0, 0.1) is 5.82 Å². The van der Waals surface area contributed by atoms with Gasteiger partial charge in [-0.15, -0.1) is 0 Å². The van der Waals surface area contributed by atoms with Crippen molar-refractivity contribution in [1.82, 2.24) is 9.97 Å². The number of halogens is 1. The monoisotopic (exact) mass is 368 g/mol. The summed E-state index contributed by atoms with van der Waals surface area (Å²) >= 11 is 0. The van der Waals surface area contributed by atoms with E-state index in [4.69, 9.17) is 8.92 Å². The maximum atomic E-state index is 14.3. The summed E-state index contributed by atoms with van der Waals surface area (Å²) in [6.45, 7) is 3.48. The zero-order valence-corrected chi connectivity index (χ0v) is 14.9. The summed E-state index contributed by atoms with van der Waals surface area (Å²) in [4.78, 5) is 20.2. The van der Waals surface area contributed by atoms with E-state index in [2.05, 4.69) is 9.97 Å². The first-order valence-electron chi connectivity index (χ1n) is 7.28. The molecule has 0 aliphatic rings. The number of esters is 1. The second kappa shape index (κ2) is 7.14. The van der Waals surface area contributed by atoms with E-state index in [9.17, 15) is 17.6 Å². The largest absolute Gasteiger partial charge is 0.465 e. The molecule has 0 amide bonds. The van der Waals surface area contributed by atoms with Crippen molar-refractivity contribution < 1.29 is 26.5 Å². The minimum Gasteiger partial charge on any atom is -0.465 e. The lowest BCUT2D eigenvalue weighted by atomic mass is 9.98. The second-order valence-corrected chi connectivity index (χ2v) is 7.10. The fourth-order valence-corrected chi connectivity index (χ4v) is 2.54. The summed E-state index contributed by atoms with van der Waals surface area (Å²) in [6, 6.07) is 5.17. The van der Waals surface area contributed by atoms with Crippen LogP contribution in [-0.2, 0) is 14.9 Å². The third-order valence-corrected chi connectivity index (χ3v) is 3.66. The van der Waals surface area contributed by atoms with Gasteiger partial charge in [0.25, 0.3) is 0 Å². The van der Waals surface area contributed by atoms with Crippen molar-refractivity contribution in [3.05, 3.63) is 41.3 Å². The van der Waals surface area contributed by atoms with Gasteiger partial charge in [0.05, 0.1) is 24.8 Å². The van der Waals surface area contributed by atoms with Crippen LogP contribution in [0.1, 0.15) is 35.8 Å². The molecule has 0 fully saturated rings. The molecule has 0 spiro atoms. The average Bonchev–Trinajstić information content (AvgIpc) is 2.52. The number of hydrogen-bond acceptors (Lipinski definition) is 7. The Morgan fingerprint density at radius 1 is 1.20 bits per heavy atom. The van der Waals surface area contributed by atoms with Gasteiger partial charge in [-0.2, -0.15) is 18.4 Å². The molecule has 25 heavy (non-hydrogen) atoms. The predicted molar refractivity (Wildman–Crippen MR) is 88.3 cm³/mol. The van der Waals surface area contributed by atoms with E-state index in [1.54, 1.807) is 19.9 Å². The number of methoxy groups -OCH3 is 1. The summed E-state index contributed by atoms with van der Waals surface area (Å²) in [5.74, 6) is -1.69. The molecule has 0 unspecified atom stereocenters. The first-order valence-corrected chi connectivity index (χ1v) is 9.10. The molecule has 9 heteroatoms. The van der Waals surface area contributed by atoms with Gasteiger partial charge in [0, 0.05) is 5.56 Å². The lowest BCUT2D eigenvalue weighted by Gasteiger charge is -2.16. The molecule has 7 nitrogen and oxygen atoms in total. The Balaban J connectivity index is 2.85. The third-order valence-electron chi connectivity index (χ3n) is 3.21. The number of carbonyl (C=O) groups excluding carboxylic acids is 1. The summed E-state index contributed by atoms with van der Waals surface area (Å²) in [6.07, 6.45) is 0.836. The molecule has 0 aliphatic carbocycles. The van der Waals surface area contributed by atoms with Crippen LogP contribution in [0.4, 0.5) is 4.39 Å². The molecule has 0 bridgehead atoms. The lowest BCUT2D eigenvalue weighted by Crippen LogP contribution is -2.16. The molecule has 0 atom stereocenters. The molecule has 0 N–H and O–H groups in total. The van der Waals surface area contributed by atoms with Crippen LogP contribution in [0.2, 0.25) is 0 Å². The summed E-state index contributed by atoms with van der Waals surface area (Å²) < 4.78 is 46.6. The second-order valence-electron chi connectivity index (χ2n) is 5.53. The topological polar surface area (TPSA) is 95.5 Å². The van der Waals surface area contributed by atoms with Crippen molar-refractivity contribution in [3.8, 4) is 17.3 Å². The summed E-state index contributed by atoms with van der Waals surface area (Å²) in [5, 5.41) is 0. The van der Waals surface area contributed by atoms with E-state index >= 15 is 0 Å². The highest BCUT2D eigenvalue weighted by molar-refractivity contribution is 7.86. The highest BCUT2D eigenvalue weighted by atomic mass is 32.2. The third kappa shape index (κ3) is 4.30. The van der Waals surface area contributed by atoms with Crippen molar-refractivity contribution in [3.63, 3.8) is 0 Å². The predicted octanol–water partition coefficient (Wildman–Crippen LogP) is 2.53. The Morgan fingerprint density at radius 3 is 2.36 bits per heavy atom. The Hall–Kier alpha value is -2.55. The molecular formula is C16H17FN2O5S. The van der Waals surface area contributed by atoms with Gasteiger partial charge >= 0.3 is 22.1 Å². The fourth-order valence-electron chi connectivity index (χ4n) is 2.20. The zero-order chi connectivity index (χ0) is 18.8. The first kappa shape index (κ1) is 18.8. The smallest absolute Gasteiger partial charge is 0.341 e. The Kier molecular flexibility index (Phi) is 5.36. The van der Waals surface area contributed by atoms with Crippen molar-refractivity contribution in [2.24, 2.45) is 0 Å². The zero-order valence-electron chi connectivity index (χ0n) is 14.1. The van der Waals surface area contributed by atoms with Crippen LogP contribution >= 0.6 is 0 Å². The SMILES string of the molecule is COC(=O)c1c(-c2ccccc2F)nc(OS(C)(=O)=O)nc1C(C)C. The maximum Gasteiger partial charge on any atom is 0.341 e. The van der Waals surface area contributed by atoms with Crippen molar-refractivity contribution >= 4 is 16.1 Å². The number of carbonyl (C=O) groups is 1. The minimum atomic E-state index is -3.90. The lowest BCUT2D eigenvalue weighted by molar-refractivity contribution is 0.0598. The molecule has 1 heterocycles. The molecule has 2 rings (SSSR count). The van der Waals surface area contributed by atoms with E-state index in [0.29, 0.717) is 0 Å². The summed E-state index contributed by atoms with van der Waals surface area (Å²) in [7, 11) is -2.72. The number of hydrogen-bond donors (Lipinski definition) is 0. The number of ether oxygens (including phenoxy) is 1. The maximum absolute atomic E-state index is 14.3. The van der Waals surface area contributed by atoms with Crippen molar-refractivity contribution in [2.75, 3.05) is 13.4 Å². The number of aromatic nitrogens is 2. The van der Waals surface area contributed by atoms with Crippen LogP contribution in [0.25, 0.3) is 11.3 Å². The standard InChI is InChI=1S/C16H17FN2O5S/c1-9(2)13-12(15(20)23-3)14(10-7-5-6-8-11(10)17)19-16(18-13)24-25(4,21)22/h5-9H,1-4H3. The van der Waals surface area contributed by atoms with Crippen molar-refractivity contribution in [2.45, 2.75) is 19.8 Å². The van der Waals surface area contributed by atoms with Gasteiger partial charge in [-0.25, -0.2) is 9.18 Å². The van der Waals surface area contributed by atoms with E-state index < -0.39 is 27.9 Å². The normalized spacial score (nSPS) is 11.4. The van der Waals surface area contributed by atoms with E-state index in [0.717, 1.165) is 6.26 Å². The molecule has 2 aromatic rings. The molecule has 134 valence electrons. The number of nitrogens with zero attached hydrogens (tertiary/aromatic N) is 2. The van der Waals surface area contributed by atoms with E-state index in [1.807, 2.05) is 0 Å². The van der Waals surface area contributed by atoms with Crippen LogP contribution in [0.15, 0.2) is 24.3 Å². The first-order chi connectivity index (χ1) is 11.6. The quantitative estimate of drug-likeness (QED) is 0.591. The molecule has 0 aliphatic heterocycles. The van der Waals surface area contributed by atoms with Crippen LogP contribution in [0.3, 0.4) is 0 Å². The van der Waals surface area contributed by atoms with Crippen molar-refractivity contribution in [1.29, 1.82) is 0 Å². The van der Waals surface area contributed by atoms with Gasteiger partial charge < -0.3 is 8.92 Å². The van der Waals surface area contributed by atoms with E-state index in [-0.39, 0.29) is 28.4 Å². The summed E-state index contributed by atoms with van der Waals surface area (Å²) in [5.41, 5.74) is 0.0649. The number of rotatable bonds is 5.